The van der Waals surface area contributed by atoms with Crippen molar-refractivity contribution in [2.45, 2.75) is 32.7 Å². The molecule has 1 heterocycles. The summed E-state index contributed by atoms with van der Waals surface area (Å²) in [6.07, 6.45) is 4.46. The first-order valence-corrected chi connectivity index (χ1v) is 4.00. The standard InChI is InChI=1S/C9H17N/c1-4-5-9(3)6-8(2)10-7-9/h4,8,10H,1,5-7H2,2-3H3/t8-,9?/m0/s1. The Morgan fingerprint density at radius 3 is 2.90 bits per heavy atom. The highest BCUT2D eigenvalue weighted by Crippen LogP contribution is 2.31. The lowest BCUT2D eigenvalue weighted by molar-refractivity contribution is 0.364. The van der Waals surface area contributed by atoms with Gasteiger partial charge in [-0.1, -0.05) is 13.0 Å². The molecule has 1 unspecified atom stereocenters. The van der Waals surface area contributed by atoms with Crippen LogP contribution < -0.4 is 5.32 Å². The maximum atomic E-state index is 3.77. The lowest BCUT2D eigenvalue weighted by Gasteiger charge is -2.19. The highest BCUT2D eigenvalue weighted by atomic mass is 15.0. The second-order valence-electron chi connectivity index (χ2n) is 3.79. The third-order valence-corrected chi connectivity index (χ3v) is 2.31. The zero-order chi connectivity index (χ0) is 7.61. The minimum absolute atomic E-state index is 0.487. The van der Waals surface area contributed by atoms with Crippen LogP contribution in [0.5, 0.6) is 0 Å². The SMILES string of the molecule is C=CCC1(C)CN[C@@H](C)C1. The molecule has 0 aliphatic carbocycles. The average Bonchev–Trinajstić information content (AvgIpc) is 2.12. The molecule has 1 aliphatic heterocycles. The molecule has 1 N–H and O–H groups in total. The monoisotopic (exact) mass is 139 g/mol. The Balaban J connectivity index is 2.45. The smallest absolute Gasteiger partial charge is 0.00447 e. The molecule has 0 aromatic rings. The van der Waals surface area contributed by atoms with Crippen LogP contribution in [0.1, 0.15) is 26.7 Å². The van der Waals surface area contributed by atoms with Crippen molar-refractivity contribution in [2.24, 2.45) is 5.41 Å². The van der Waals surface area contributed by atoms with Gasteiger partial charge in [0, 0.05) is 12.6 Å². The Hall–Kier alpha value is -0.300. The summed E-state index contributed by atoms with van der Waals surface area (Å²) in [7, 11) is 0. The summed E-state index contributed by atoms with van der Waals surface area (Å²) in [5.74, 6) is 0. The van der Waals surface area contributed by atoms with E-state index in [2.05, 4.69) is 25.7 Å². The van der Waals surface area contributed by atoms with Crippen molar-refractivity contribution in [3.8, 4) is 0 Å². The minimum Gasteiger partial charge on any atom is -0.314 e. The Morgan fingerprint density at radius 1 is 1.80 bits per heavy atom. The first-order chi connectivity index (χ1) is 4.66. The zero-order valence-electron chi connectivity index (χ0n) is 6.98. The normalized spacial score (nSPS) is 40.0. The van der Waals surface area contributed by atoms with Crippen LogP contribution in [-0.4, -0.2) is 12.6 Å². The van der Waals surface area contributed by atoms with Crippen LogP contribution >= 0.6 is 0 Å². The number of nitrogens with one attached hydrogen (secondary N) is 1. The molecule has 1 aliphatic rings. The average molecular weight is 139 g/mol. The van der Waals surface area contributed by atoms with Crippen molar-refractivity contribution in [2.75, 3.05) is 6.54 Å². The fraction of sp³-hybridized carbons (Fsp3) is 0.778. The van der Waals surface area contributed by atoms with E-state index >= 15 is 0 Å². The van der Waals surface area contributed by atoms with Crippen molar-refractivity contribution in [3.63, 3.8) is 0 Å². The lowest BCUT2D eigenvalue weighted by atomic mass is 9.85. The van der Waals surface area contributed by atoms with Crippen LogP contribution in [0.2, 0.25) is 0 Å². The summed E-state index contributed by atoms with van der Waals surface area (Å²) in [6, 6.07) is 0.699. The maximum Gasteiger partial charge on any atom is 0.00447 e. The highest BCUT2D eigenvalue weighted by Gasteiger charge is 2.30. The van der Waals surface area contributed by atoms with Crippen molar-refractivity contribution in [3.05, 3.63) is 12.7 Å². The van der Waals surface area contributed by atoms with Gasteiger partial charge in [0.05, 0.1) is 0 Å². The van der Waals surface area contributed by atoms with Gasteiger partial charge in [0.25, 0.3) is 0 Å². The molecule has 0 saturated carbocycles. The Bertz CT molecular complexity index is 131. The van der Waals surface area contributed by atoms with Gasteiger partial charge in [-0.25, -0.2) is 0 Å². The summed E-state index contributed by atoms with van der Waals surface area (Å²) in [4.78, 5) is 0. The molecule has 1 fully saturated rings. The molecule has 0 spiro atoms. The van der Waals surface area contributed by atoms with Gasteiger partial charge in [-0.3, -0.25) is 0 Å². The van der Waals surface area contributed by atoms with Crippen molar-refractivity contribution < 1.29 is 0 Å². The molecule has 0 bridgehead atoms. The van der Waals surface area contributed by atoms with E-state index in [0.29, 0.717) is 11.5 Å². The van der Waals surface area contributed by atoms with Crippen LogP contribution in [0.3, 0.4) is 0 Å². The molecule has 0 aromatic carbocycles. The Labute approximate surface area is 63.5 Å². The van der Waals surface area contributed by atoms with Crippen molar-refractivity contribution in [1.29, 1.82) is 0 Å². The summed E-state index contributed by atoms with van der Waals surface area (Å²) in [6.45, 7) is 9.49. The van der Waals surface area contributed by atoms with Gasteiger partial charge in [-0.15, -0.1) is 6.58 Å². The Morgan fingerprint density at radius 2 is 2.50 bits per heavy atom. The summed E-state index contributed by atoms with van der Waals surface area (Å²) < 4.78 is 0. The molecule has 0 amide bonds. The molecule has 1 heteroatoms. The van der Waals surface area contributed by atoms with E-state index in [0.717, 1.165) is 13.0 Å². The highest BCUT2D eigenvalue weighted by molar-refractivity contribution is 4.92. The minimum atomic E-state index is 0.487. The lowest BCUT2D eigenvalue weighted by Crippen LogP contribution is -2.20. The predicted octanol–water partition coefficient (Wildman–Crippen LogP) is 1.95. The fourth-order valence-corrected chi connectivity index (χ4v) is 1.81. The molecule has 0 radical (unpaired) electrons. The second-order valence-corrected chi connectivity index (χ2v) is 3.79. The van der Waals surface area contributed by atoms with E-state index < -0.39 is 0 Å². The maximum absolute atomic E-state index is 3.77. The molecule has 1 saturated heterocycles. The molecule has 10 heavy (non-hydrogen) atoms. The van der Waals surface area contributed by atoms with Crippen LogP contribution in [0.4, 0.5) is 0 Å². The van der Waals surface area contributed by atoms with Gasteiger partial charge in [-0.05, 0) is 25.2 Å². The second kappa shape index (κ2) is 2.75. The number of hydrogen-bond donors (Lipinski definition) is 1. The van der Waals surface area contributed by atoms with Crippen molar-refractivity contribution >= 4 is 0 Å². The van der Waals surface area contributed by atoms with Crippen LogP contribution in [-0.2, 0) is 0 Å². The summed E-state index contributed by atoms with van der Waals surface area (Å²) in [5, 5.41) is 3.45. The molecular formula is C9H17N. The predicted molar refractivity (Wildman–Crippen MR) is 45.0 cm³/mol. The van der Waals surface area contributed by atoms with Gasteiger partial charge in [0.15, 0.2) is 0 Å². The van der Waals surface area contributed by atoms with Crippen LogP contribution in [0.15, 0.2) is 12.7 Å². The largest absolute Gasteiger partial charge is 0.314 e. The first-order valence-electron chi connectivity index (χ1n) is 4.00. The van der Waals surface area contributed by atoms with E-state index in [1.54, 1.807) is 0 Å². The van der Waals surface area contributed by atoms with Crippen LogP contribution in [0.25, 0.3) is 0 Å². The number of allylic oxidation sites excluding steroid dienone is 1. The van der Waals surface area contributed by atoms with E-state index in [4.69, 9.17) is 0 Å². The molecule has 1 rings (SSSR count). The van der Waals surface area contributed by atoms with Crippen molar-refractivity contribution in [1.82, 2.24) is 5.32 Å². The van der Waals surface area contributed by atoms with E-state index in [1.807, 2.05) is 6.08 Å². The van der Waals surface area contributed by atoms with E-state index in [-0.39, 0.29) is 0 Å². The zero-order valence-corrected chi connectivity index (χ0v) is 6.98. The third kappa shape index (κ3) is 1.60. The summed E-state index contributed by atoms with van der Waals surface area (Å²) >= 11 is 0. The Kier molecular flexibility index (Phi) is 2.14. The van der Waals surface area contributed by atoms with Gasteiger partial charge in [-0.2, -0.15) is 0 Å². The summed E-state index contributed by atoms with van der Waals surface area (Å²) in [5.41, 5.74) is 0.487. The number of rotatable bonds is 2. The topological polar surface area (TPSA) is 12.0 Å². The molecule has 0 aromatic heterocycles. The van der Waals surface area contributed by atoms with E-state index in [9.17, 15) is 0 Å². The van der Waals surface area contributed by atoms with Gasteiger partial charge >= 0.3 is 0 Å². The van der Waals surface area contributed by atoms with Gasteiger partial charge in [0.2, 0.25) is 0 Å². The first kappa shape index (κ1) is 7.80. The van der Waals surface area contributed by atoms with Gasteiger partial charge < -0.3 is 5.32 Å². The van der Waals surface area contributed by atoms with E-state index in [1.165, 1.54) is 6.42 Å². The van der Waals surface area contributed by atoms with Crippen LogP contribution in [0, 0.1) is 5.41 Å². The molecule has 2 atom stereocenters. The third-order valence-electron chi connectivity index (χ3n) is 2.31. The molecular weight excluding hydrogens is 122 g/mol. The van der Waals surface area contributed by atoms with Gasteiger partial charge in [0.1, 0.15) is 0 Å². The quantitative estimate of drug-likeness (QED) is 0.577. The molecule has 1 nitrogen and oxygen atoms in total. The molecule has 58 valence electrons. The fourth-order valence-electron chi connectivity index (χ4n) is 1.81. The number of hydrogen-bond acceptors (Lipinski definition) is 1.